The number of aromatic nitrogens is 1. The summed E-state index contributed by atoms with van der Waals surface area (Å²) in [6.45, 7) is 0.143. The minimum Gasteiger partial charge on any atom is -0.292 e. The van der Waals surface area contributed by atoms with E-state index >= 15 is 0 Å². The van der Waals surface area contributed by atoms with Gasteiger partial charge in [-0.15, -0.1) is 11.3 Å². The van der Waals surface area contributed by atoms with E-state index in [1.165, 1.54) is 11.3 Å². The van der Waals surface area contributed by atoms with E-state index in [1.807, 2.05) is 24.3 Å². The molecule has 0 bridgehead atoms. The maximum atomic E-state index is 11.5. The highest BCUT2D eigenvalue weighted by atomic mass is 35.5. The molecule has 2 rings (SSSR count). The Kier molecular flexibility index (Phi) is 3.66. The van der Waals surface area contributed by atoms with Gasteiger partial charge in [-0.2, -0.15) is 0 Å². The fourth-order valence-electron chi connectivity index (χ4n) is 1.28. The monoisotopic (exact) mass is 252 g/mol. The highest BCUT2D eigenvalue weighted by Gasteiger charge is 2.09. The number of hydrogen-bond acceptors (Lipinski definition) is 4. The van der Waals surface area contributed by atoms with Crippen molar-refractivity contribution in [3.8, 4) is 10.6 Å². The van der Waals surface area contributed by atoms with E-state index in [0.29, 0.717) is 4.88 Å². The Balaban J connectivity index is 2.23. The van der Waals surface area contributed by atoms with Gasteiger partial charge in [-0.1, -0.05) is 6.07 Å². The van der Waals surface area contributed by atoms with Gasteiger partial charge in [0.15, 0.2) is 5.78 Å². The second-order valence-electron chi connectivity index (χ2n) is 3.11. The van der Waals surface area contributed by atoms with Crippen LogP contribution in [-0.4, -0.2) is 17.3 Å². The van der Waals surface area contributed by atoms with Gasteiger partial charge >= 0.3 is 0 Å². The molecule has 0 spiro atoms. The van der Waals surface area contributed by atoms with Crippen LogP contribution in [0.3, 0.4) is 0 Å². The predicted octanol–water partition coefficient (Wildman–Crippen LogP) is 2.74. The molecule has 0 aliphatic rings. The average molecular weight is 253 g/mol. The van der Waals surface area contributed by atoms with Gasteiger partial charge in [0.1, 0.15) is 0 Å². The quantitative estimate of drug-likeness (QED) is 0.672. The van der Waals surface area contributed by atoms with Crippen LogP contribution in [-0.2, 0) is 0 Å². The van der Waals surface area contributed by atoms with E-state index in [-0.39, 0.29) is 12.3 Å². The van der Waals surface area contributed by atoms with Crippen molar-refractivity contribution in [3.63, 3.8) is 0 Å². The Labute approximate surface area is 102 Å². The van der Waals surface area contributed by atoms with Gasteiger partial charge in [0.05, 0.1) is 22.0 Å². The summed E-state index contributed by atoms with van der Waals surface area (Å²) >= 11 is 6.71. The summed E-state index contributed by atoms with van der Waals surface area (Å²) in [6, 6.07) is 9.39. The van der Waals surface area contributed by atoms with E-state index < -0.39 is 0 Å². The van der Waals surface area contributed by atoms with Crippen LogP contribution in [0.25, 0.3) is 10.6 Å². The van der Waals surface area contributed by atoms with Crippen LogP contribution in [0.4, 0.5) is 0 Å². The molecule has 1 N–H and O–H groups in total. The summed E-state index contributed by atoms with van der Waals surface area (Å²) in [6.07, 6.45) is 1.73. The molecule has 0 radical (unpaired) electrons. The van der Waals surface area contributed by atoms with Crippen LogP contribution < -0.4 is 4.84 Å². The maximum Gasteiger partial charge on any atom is 0.187 e. The molecule has 16 heavy (non-hydrogen) atoms. The fraction of sp³-hybridized carbons (Fsp3) is 0.0909. The average Bonchev–Trinajstić information content (AvgIpc) is 2.80. The Bertz CT molecular complexity index is 484. The molecule has 0 aromatic carbocycles. The number of carbonyl (C=O) groups excluding carboxylic acids is 1. The molecule has 0 unspecified atom stereocenters. The highest BCUT2D eigenvalue weighted by Crippen LogP contribution is 2.26. The largest absolute Gasteiger partial charge is 0.292 e. The van der Waals surface area contributed by atoms with Crippen molar-refractivity contribution in [3.05, 3.63) is 41.4 Å². The molecule has 0 atom stereocenters. The molecule has 2 heterocycles. The number of nitrogens with zero attached hydrogens (tertiary/aromatic N) is 1. The third kappa shape index (κ3) is 2.47. The van der Waals surface area contributed by atoms with Crippen LogP contribution in [0, 0.1) is 0 Å². The zero-order chi connectivity index (χ0) is 11.4. The molecule has 0 saturated carbocycles. The van der Waals surface area contributed by atoms with E-state index in [2.05, 4.69) is 9.82 Å². The van der Waals surface area contributed by atoms with Gasteiger partial charge in [-0.25, -0.2) is 4.84 Å². The molecule has 82 valence electrons. The summed E-state index contributed by atoms with van der Waals surface area (Å²) in [5.74, 6) is -0.0119. The van der Waals surface area contributed by atoms with Crippen LogP contribution in [0.2, 0.25) is 0 Å². The van der Waals surface area contributed by atoms with E-state index in [4.69, 9.17) is 11.8 Å². The zero-order valence-electron chi connectivity index (χ0n) is 8.31. The van der Waals surface area contributed by atoms with Gasteiger partial charge < -0.3 is 0 Å². The third-order valence-corrected chi connectivity index (χ3v) is 3.31. The third-order valence-electron chi connectivity index (χ3n) is 2.03. The Morgan fingerprint density at radius 1 is 1.38 bits per heavy atom. The van der Waals surface area contributed by atoms with Crippen molar-refractivity contribution in [2.75, 3.05) is 6.54 Å². The Morgan fingerprint density at radius 3 is 2.94 bits per heavy atom. The first-order chi connectivity index (χ1) is 7.81. The number of Topliss-reactive ketones (excluding diaryl/α,β-unsaturated/α-hetero) is 1. The summed E-state index contributed by atoms with van der Waals surface area (Å²) in [7, 11) is 0. The summed E-state index contributed by atoms with van der Waals surface area (Å²) in [5, 5.41) is 0. The minimum atomic E-state index is -0.0119. The van der Waals surface area contributed by atoms with Crippen molar-refractivity contribution in [2.24, 2.45) is 0 Å². The molecule has 0 amide bonds. The van der Waals surface area contributed by atoms with Crippen LogP contribution in [0.1, 0.15) is 9.67 Å². The molecule has 2 aromatic rings. The standard InChI is InChI=1S/C11H9ClN2OS/c12-14-7-9(15)11-5-4-10(16-11)8-3-1-2-6-13-8/h1-6,14H,7H2. The second-order valence-corrected chi connectivity index (χ2v) is 4.46. The van der Waals surface area contributed by atoms with E-state index in [0.717, 1.165) is 10.6 Å². The lowest BCUT2D eigenvalue weighted by atomic mass is 10.3. The summed E-state index contributed by atoms with van der Waals surface area (Å²) in [5.41, 5.74) is 0.880. The number of pyridine rings is 1. The number of ketones is 1. The number of nitrogens with one attached hydrogen (secondary N) is 1. The normalized spacial score (nSPS) is 10.3. The predicted molar refractivity (Wildman–Crippen MR) is 65.7 cm³/mol. The molecular weight excluding hydrogens is 244 g/mol. The number of hydrogen-bond donors (Lipinski definition) is 1. The zero-order valence-corrected chi connectivity index (χ0v) is 9.89. The number of thiophene rings is 1. The van der Waals surface area contributed by atoms with Gasteiger partial charge in [-0.3, -0.25) is 9.78 Å². The lowest BCUT2D eigenvalue weighted by Gasteiger charge is -1.94. The van der Waals surface area contributed by atoms with Crippen molar-refractivity contribution < 1.29 is 4.79 Å². The number of rotatable bonds is 4. The second kappa shape index (κ2) is 5.21. The molecular formula is C11H9ClN2OS. The van der Waals surface area contributed by atoms with Crippen LogP contribution in [0.5, 0.6) is 0 Å². The van der Waals surface area contributed by atoms with Gasteiger partial charge in [0.25, 0.3) is 0 Å². The van der Waals surface area contributed by atoms with Gasteiger partial charge in [0.2, 0.25) is 0 Å². The molecule has 3 nitrogen and oxygen atoms in total. The summed E-state index contributed by atoms with van der Waals surface area (Å²) < 4.78 is 0. The maximum absolute atomic E-state index is 11.5. The first kappa shape index (κ1) is 11.3. The lowest BCUT2D eigenvalue weighted by Crippen LogP contribution is -2.12. The van der Waals surface area contributed by atoms with Gasteiger partial charge in [0, 0.05) is 6.20 Å². The topological polar surface area (TPSA) is 42.0 Å². The van der Waals surface area contributed by atoms with E-state index in [9.17, 15) is 4.79 Å². The van der Waals surface area contributed by atoms with Crippen molar-refractivity contribution in [1.82, 2.24) is 9.82 Å². The smallest absolute Gasteiger partial charge is 0.187 e. The number of halogens is 1. The molecule has 0 fully saturated rings. The lowest BCUT2D eigenvalue weighted by molar-refractivity contribution is 0.100. The number of carbonyl (C=O) groups is 1. The van der Waals surface area contributed by atoms with Crippen molar-refractivity contribution >= 4 is 28.9 Å². The SMILES string of the molecule is O=C(CNCl)c1ccc(-c2ccccn2)s1. The Morgan fingerprint density at radius 2 is 2.25 bits per heavy atom. The van der Waals surface area contributed by atoms with Crippen molar-refractivity contribution in [1.29, 1.82) is 0 Å². The van der Waals surface area contributed by atoms with Crippen molar-refractivity contribution in [2.45, 2.75) is 0 Å². The first-order valence-electron chi connectivity index (χ1n) is 4.69. The minimum absolute atomic E-state index is 0.0119. The fourth-order valence-corrected chi connectivity index (χ4v) is 2.32. The molecule has 2 aromatic heterocycles. The molecule has 0 saturated heterocycles. The first-order valence-corrected chi connectivity index (χ1v) is 5.88. The molecule has 0 aliphatic carbocycles. The summed E-state index contributed by atoms with van der Waals surface area (Å²) in [4.78, 5) is 19.8. The Hall–Kier alpha value is -1.23. The van der Waals surface area contributed by atoms with E-state index in [1.54, 1.807) is 12.3 Å². The van der Waals surface area contributed by atoms with Crippen LogP contribution >= 0.6 is 23.1 Å². The highest BCUT2D eigenvalue weighted by molar-refractivity contribution is 7.17. The molecule has 0 aliphatic heterocycles. The molecule has 5 heteroatoms. The van der Waals surface area contributed by atoms with Crippen LogP contribution in [0.15, 0.2) is 36.5 Å². The van der Waals surface area contributed by atoms with Gasteiger partial charge in [-0.05, 0) is 36.0 Å².